The number of thiophene rings is 1. The summed E-state index contributed by atoms with van der Waals surface area (Å²) < 4.78 is 33.5. The summed E-state index contributed by atoms with van der Waals surface area (Å²) in [5, 5.41) is 2.46. The van der Waals surface area contributed by atoms with Crippen LogP contribution in [0, 0.1) is 6.92 Å². The third-order valence-electron chi connectivity index (χ3n) is 5.00. The van der Waals surface area contributed by atoms with E-state index in [1.165, 1.54) is 11.3 Å². The lowest BCUT2D eigenvalue weighted by Gasteiger charge is -2.13. The largest absolute Gasteiger partial charge is 0.377 e. The quantitative estimate of drug-likeness (QED) is 0.745. The zero-order valence-electron chi connectivity index (χ0n) is 15.6. The number of likely N-dealkylation sites (tertiary alicyclic amines) is 1. The van der Waals surface area contributed by atoms with Crippen molar-refractivity contribution in [2.24, 2.45) is 0 Å². The molecule has 1 N–H and O–H groups in total. The van der Waals surface area contributed by atoms with E-state index in [9.17, 15) is 13.2 Å². The maximum atomic E-state index is 12.7. The van der Waals surface area contributed by atoms with E-state index in [0.717, 1.165) is 55.7 Å². The minimum Gasteiger partial charge on any atom is -0.377 e. The first kappa shape index (κ1) is 20.0. The van der Waals surface area contributed by atoms with Gasteiger partial charge in [0.2, 0.25) is 10.0 Å². The van der Waals surface area contributed by atoms with Gasteiger partial charge in [0.1, 0.15) is 14.1 Å². The average Bonchev–Trinajstić information content (AvgIpc) is 3.47. The SMILES string of the molecule is Cc1nc(-c2csc(S(=O)(=O)NC[C@H]3CCCO3)c2)sc1C(=O)N1CCCC1. The van der Waals surface area contributed by atoms with Gasteiger partial charge < -0.3 is 9.64 Å². The molecule has 2 aromatic rings. The lowest BCUT2D eigenvalue weighted by atomic mass is 10.2. The Hall–Kier alpha value is -1.33. The van der Waals surface area contributed by atoms with Crippen LogP contribution in [-0.4, -0.2) is 56.6 Å². The predicted molar refractivity (Wildman–Crippen MR) is 109 cm³/mol. The third-order valence-corrected chi connectivity index (χ3v) is 9.05. The van der Waals surface area contributed by atoms with Gasteiger partial charge in [-0.15, -0.1) is 22.7 Å². The molecule has 2 aliphatic heterocycles. The van der Waals surface area contributed by atoms with Gasteiger partial charge in [0.15, 0.2) is 0 Å². The highest BCUT2D eigenvalue weighted by Gasteiger charge is 2.26. The van der Waals surface area contributed by atoms with Crippen LogP contribution in [0.5, 0.6) is 0 Å². The van der Waals surface area contributed by atoms with E-state index in [1.54, 1.807) is 11.4 Å². The van der Waals surface area contributed by atoms with Crippen molar-refractivity contribution in [1.29, 1.82) is 0 Å². The normalized spacial score (nSPS) is 20.2. The maximum absolute atomic E-state index is 12.7. The van der Waals surface area contributed by atoms with E-state index in [0.29, 0.717) is 28.7 Å². The second kappa shape index (κ2) is 8.19. The fourth-order valence-electron chi connectivity index (χ4n) is 3.43. The molecule has 4 heterocycles. The van der Waals surface area contributed by atoms with Gasteiger partial charge in [0, 0.05) is 37.2 Å². The molecule has 152 valence electrons. The maximum Gasteiger partial charge on any atom is 0.265 e. The Balaban J connectivity index is 1.49. The van der Waals surface area contributed by atoms with Gasteiger partial charge in [-0.05, 0) is 38.7 Å². The molecule has 2 fully saturated rings. The second-order valence-electron chi connectivity index (χ2n) is 7.07. The molecule has 0 unspecified atom stereocenters. The number of nitrogens with zero attached hydrogens (tertiary/aromatic N) is 2. The van der Waals surface area contributed by atoms with Crippen molar-refractivity contribution in [3.63, 3.8) is 0 Å². The Morgan fingerprint density at radius 3 is 2.86 bits per heavy atom. The van der Waals surface area contributed by atoms with Crippen molar-refractivity contribution < 1.29 is 17.9 Å². The molecule has 0 saturated carbocycles. The first-order chi connectivity index (χ1) is 13.4. The summed E-state index contributed by atoms with van der Waals surface area (Å²) in [4.78, 5) is 19.7. The summed E-state index contributed by atoms with van der Waals surface area (Å²) >= 11 is 2.50. The number of ether oxygens (including phenoxy) is 1. The monoisotopic (exact) mass is 441 g/mol. The van der Waals surface area contributed by atoms with Crippen molar-refractivity contribution in [2.75, 3.05) is 26.2 Å². The number of thiazole rings is 1. The fourth-order valence-corrected chi connectivity index (χ4v) is 6.80. The molecule has 0 aliphatic carbocycles. The molecule has 7 nitrogen and oxygen atoms in total. The van der Waals surface area contributed by atoms with Crippen LogP contribution >= 0.6 is 22.7 Å². The van der Waals surface area contributed by atoms with Crippen LogP contribution in [-0.2, 0) is 14.8 Å². The minimum atomic E-state index is -3.58. The summed E-state index contributed by atoms with van der Waals surface area (Å²) in [6, 6.07) is 1.63. The Morgan fingerprint density at radius 1 is 1.36 bits per heavy atom. The number of sulfonamides is 1. The first-order valence-electron chi connectivity index (χ1n) is 9.41. The van der Waals surface area contributed by atoms with Crippen molar-refractivity contribution in [1.82, 2.24) is 14.6 Å². The molecule has 2 saturated heterocycles. The number of carbonyl (C=O) groups excluding carboxylic acids is 1. The molecule has 28 heavy (non-hydrogen) atoms. The van der Waals surface area contributed by atoms with Crippen molar-refractivity contribution in [3.8, 4) is 10.6 Å². The second-order valence-corrected chi connectivity index (χ2v) is 11.0. The van der Waals surface area contributed by atoms with Gasteiger partial charge in [-0.2, -0.15) is 0 Å². The molecule has 1 atom stereocenters. The zero-order valence-corrected chi connectivity index (χ0v) is 18.1. The third kappa shape index (κ3) is 4.16. The van der Waals surface area contributed by atoms with E-state index in [4.69, 9.17) is 4.74 Å². The molecule has 0 bridgehead atoms. The number of rotatable bonds is 6. The molecule has 2 aliphatic rings. The number of carbonyl (C=O) groups is 1. The van der Waals surface area contributed by atoms with E-state index in [2.05, 4.69) is 9.71 Å². The Morgan fingerprint density at radius 2 is 2.14 bits per heavy atom. The van der Waals surface area contributed by atoms with Crippen molar-refractivity contribution in [2.45, 2.75) is 42.9 Å². The van der Waals surface area contributed by atoms with Gasteiger partial charge in [-0.3, -0.25) is 4.79 Å². The molecule has 4 rings (SSSR count). The van der Waals surface area contributed by atoms with Gasteiger partial charge in [-0.1, -0.05) is 0 Å². The smallest absolute Gasteiger partial charge is 0.265 e. The number of amides is 1. The van der Waals surface area contributed by atoms with E-state index < -0.39 is 10.0 Å². The van der Waals surface area contributed by atoms with E-state index >= 15 is 0 Å². The number of aryl methyl sites for hydroxylation is 1. The number of hydrogen-bond donors (Lipinski definition) is 1. The zero-order chi connectivity index (χ0) is 19.7. The summed E-state index contributed by atoms with van der Waals surface area (Å²) in [5.74, 6) is 0.0278. The molecule has 10 heteroatoms. The summed E-state index contributed by atoms with van der Waals surface area (Å²) in [6.45, 7) is 4.40. The molecule has 0 aromatic carbocycles. The fraction of sp³-hybridized carbons (Fsp3) is 0.556. The number of aromatic nitrogens is 1. The summed E-state index contributed by atoms with van der Waals surface area (Å²) in [6.07, 6.45) is 3.89. The van der Waals surface area contributed by atoms with Crippen molar-refractivity contribution >= 4 is 38.6 Å². The van der Waals surface area contributed by atoms with Gasteiger partial charge in [0.25, 0.3) is 5.91 Å². The Bertz CT molecular complexity index is 955. The number of nitrogens with one attached hydrogen (secondary N) is 1. The van der Waals surface area contributed by atoms with E-state index in [-0.39, 0.29) is 16.2 Å². The average molecular weight is 442 g/mol. The van der Waals surface area contributed by atoms with Crippen LogP contribution in [0.3, 0.4) is 0 Å². The molecule has 1 amide bonds. The van der Waals surface area contributed by atoms with Gasteiger partial charge in [0.05, 0.1) is 11.8 Å². The highest BCUT2D eigenvalue weighted by molar-refractivity contribution is 7.91. The highest BCUT2D eigenvalue weighted by Crippen LogP contribution is 2.33. The van der Waals surface area contributed by atoms with Crippen molar-refractivity contribution in [3.05, 3.63) is 22.0 Å². The Kier molecular flexibility index (Phi) is 5.84. The molecule has 0 radical (unpaired) electrons. The van der Waals surface area contributed by atoms with Crippen LogP contribution in [0.25, 0.3) is 10.6 Å². The molecular weight excluding hydrogens is 418 g/mol. The Labute approximate surface area is 172 Å². The first-order valence-corrected chi connectivity index (χ1v) is 12.6. The van der Waals surface area contributed by atoms with E-state index in [1.807, 2.05) is 11.8 Å². The van der Waals surface area contributed by atoms with Crippen LogP contribution in [0.1, 0.15) is 41.0 Å². The van der Waals surface area contributed by atoms with Crippen LogP contribution in [0.2, 0.25) is 0 Å². The standard InChI is InChI=1S/C18H23N3O4S3/c1-12-16(18(22)21-6-2-3-7-21)27-17(20-12)13-9-15(26-11-13)28(23,24)19-10-14-5-4-8-25-14/h9,11,14,19H,2-8,10H2,1H3/t14-/m1/s1. The lowest BCUT2D eigenvalue weighted by molar-refractivity contribution is 0.0796. The van der Waals surface area contributed by atoms with Gasteiger partial charge in [-0.25, -0.2) is 18.1 Å². The highest BCUT2D eigenvalue weighted by atomic mass is 32.2. The lowest BCUT2D eigenvalue weighted by Crippen LogP contribution is -2.31. The number of hydrogen-bond acceptors (Lipinski definition) is 7. The predicted octanol–water partition coefficient (Wildman–Crippen LogP) is 2.87. The summed E-state index contributed by atoms with van der Waals surface area (Å²) in [7, 11) is -3.58. The van der Waals surface area contributed by atoms with Gasteiger partial charge >= 0.3 is 0 Å². The molecule has 0 spiro atoms. The van der Waals surface area contributed by atoms with Crippen LogP contribution in [0.15, 0.2) is 15.7 Å². The molecule has 2 aromatic heterocycles. The molecular formula is C18H23N3O4S3. The van der Waals surface area contributed by atoms with Crippen LogP contribution in [0.4, 0.5) is 0 Å². The summed E-state index contributed by atoms with van der Waals surface area (Å²) in [5.41, 5.74) is 1.43. The topological polar surface area (TPSA) is 88.6 Å². The van der Waals surface area contributed by atoms with Crippen LogP contribution < -0.4 is 4.72 Å². The minimum absolute atomic E-state index is 0.0278.